The molecule has 0 amide bonds. The Bertz CT molecular complexity index is 654. The zero-order valence-corrected chi connectivity index (χ0v) is 19.6. The summed E-state index contributed by atoms with van der Waals surface area (Å²) in [5, 5.41) is 0.109. The van der Waals surface area contributed by atoms with Gasteiger partial charge in [-0.1, -0.05) is 76.0 Å². The van der Waals surface area contributed by atoms with E-state index in [4.69, 9.17) is 11.6 Å². The van der Waals surface area contributed by atoms with Gasteiger partial charge in [0.2, 0.25) is 0 Å². The number of rotatable bonds is 12. The highest BCUT2D eigenvalue weighted by Crippen LogP contribution is 2.36. The lowest BCUT2D eigenvalue weighted by molar-refractivity contribution is -0.238. The van der Waals surface area contributed by atoms with Gasteiger partial charge in [-0.2, -0.15) is 8.78 Å². The SMILES string of the molecule is CCCCCC1CCC(CCc2c(C)cc(CCC(F)(F)OCC)c(F)c2Cl)CC1. The van der Waals surface area contributed by atoms with Crippen molar-refractivity contribution in [2.24, 2.45) is 11.8 Å². The van der Waals surface area contributed by atoms with Crippen molar-refractivity contribution in [3.63, 3.8) is 0 Å². The molecule has 1 saturated carbocycles. The molecule has 1 aromatic carbocycles. The molecule has 0 unspecified atom stereocenters. The third kappa shape index (κ3) is 7.75. The summed E-state index contributed by atoms with van der Waals surface area (Å²) in [5.41, 5.74) is 1.97. The van der Waals surface area contributed by atoms with Gasteiger partial charge in [0.25, 0.3) is 0 Å². The zero-order valence-electron chi connectivity index (χ0n) is 18.8. The molecule has 0 saturated heterocycles. The standard InChI is InChI=1S/C25H38ClF3O/c1-4-6-7-8-19-9-11-20(12-10-19)13-14-22-18(3)17-21(24(27)23(22)26)15-16-25(28,29)30-5-2/h17,19-20H,4-16H2,1-3H3. The highest BCUT2D eigenvalue weighted by Gasteiger charge is 2.30. The number of alkyl halides is 2. The Morgan fingerprint density at radius 2 is 1.67 bits per heavy atom. The Hall–Kier alpha value is -0.740. The first-order valence-corrected chi connectivity index (χ1v) is 12.1. The molecule has 0 aliphatic heterocycles. The van der Waals surface area contributed by atoms with Crippen LogP contribution in [0.1, 0.15) is 94.7 Å². The summed E-state index contributed by atoms with van der Waals surface area (Å²) < 4.78 is 46.3. The zero-order chi connectivity index (χ0) is 22.1. The van der Waals surface area contributed by atoms with E-state index in [1.54, 1.807) is 6.07 Å². The summed E-state index contributed by atoms with van der Waals surface area (Å²) in [6.07, 6.45) is 8.33. The van der Waals surface area contributed by atoms with E-state index >= 15 is 0 Å². The van der Waals surface area contributed by atoms with Crippen molar-refractivity contribution < 1.29 is 17.9 Å². The number of unbranched alkanes of at least 4 members (excludes halogenated alkanes) is 2. The predicted molar refractivity (Wildman–Crippen MR) is 119 cm³/mol. The van der Waals surface area contributed by atoms with Gasteiger partial charge in [-0.3, -0.25) is 0 Å². The summed E-state index contributed by atoms with van der Waals surface area (Å²) >= 11 is 6.33. The van der Waals surface area contributed by atoms with Gasteiger partial charge >= 0.3 is 6.11 Å². The van der Waals surface area contributed by atoms with Gasteiger partial charge in [0, 0.05) is 6.42 Å². The molecular formula is C25H38ClF3O. The second-order valence-electron chi connectivity index (χ2n) is 8.95. The van der Waals surface area contributed by atoms with Crippen LogP contribution >= 0.6 is 11.6 Å². The van der Waals surface area contributed by atoms with E-state index in [0.29, 0.717) is 5.92 Å². The molecule has 1 aliphatic rings. The Morgan fingerprint density at radius 3 is 2.27 bits per heavy atom. The van der Waals surface area contributed by atoms with Crippen LogP contribution in [0.5, 0.6) is 0 Å². The van der Waals surface area contributed by atoms with Crippen molar-refractivity contribution in [3.05, 3.63) is 33.6 Å². The number of aryl methyl sites for hydroxylation is 2. The lowest BCUT2D eigenvalue weighted by Gasteiger charge is -2.29. The molecule has 1 fully saturated rings. The topological polar surface area (TPSA) is 9.23 Å². The van der Waals surface area contributed by atoms with E-state index in [-0.39, 0.29) is 23.6 Å². The maximum absolute atomic E-state index is 14.7. The largest absolute Gasteiger partial charge is 0.356 e. The third-order valence-electron chi connectivity index (χ3n) is 6.63. The first-order valence-electron chi connectivity index (χ1n) is 11.8. The van der Waals surface area contributed by atoms with Crippen LogP contribution in [0.25, 0.3) is 0 Å². The first kappa shape index (κ1) is 25.5. The van der Waals surface area contributed by atoms with Crippen LogP contribution in [0, 0.1) is 24.6 Å². The van der Waals surface area contributed by atoms with Crippen molar-refractivity contribution >= 4 is 11.6 Å². The predicted octanol–water partition coefficient (Wildman–Crippen LogP) is 8.67. The molecule has 1 aromatic rings. The second kappa shape index (κ2) is 12.3. The van der Waals surface area contributed by atoms with Crippen molar-refractivity contribution in [1.29, 1.82) is 0 Å². The summed E-state index contributed by atoms with van der Waals surface area (Å²) in [6.45, 7) is 5.59. The second-order valence-corrected chi connectivity index (χ2v) is 9.33. The highest BCUT2D eigenvalue weighted by atomic mass is 35.5. The number of hydrogen-bond acceptors (Lipinski definition) is 1. The van der Waals surface area contributed by atoms with Gasteiger partial charge in [-0.15, -0.1) is 0 Å². The normalized spacial score (nSPS) is 20.0. The quantitative estimate of drug-likeness (QED) is 0.292. The monoisotopic (exact) mass is 446 g/mol. The molecule has 2 rings (SSSR count). The average Bonchev–Trinajstić information content (AvgIpc) is 2.71. The molecular weight excluding hydrogens is 409 g/mol. The van der Waals surface area contributed by atoms with Crippen LogP contribution in [-0.2, 0) is 17.6 Å². The fraction of sp³-hybridized carbons (Fsp3) is 0.760. The minimum absolute atomic E-state index is 0.0745. The number of ether oxygens (including phenoxy) is 1. The summed E-state index contributed by atoms with van der Waals surface area (Å²) in [5.74, 6) is 1.00. The summed E-state index contributed by atoms with van der Waals surface area (Å²) in [7, 11) is 0. The lowest BCUT2D eigenvalue weighted by Crippen LogP contribution is -2.21. The average molecular weight is 447 g/mol. The van der Waals surface area contributed by atoms with E-state index in [1.165, 1.54) is 58.3 Å². The van der Waals surface area contributed by atoms with Gasteiger partial charge < -0.3 is 4.74 Å². The van der Waals surface area contributed by atoms with Gasteiger partial charge in [0.15, 0.2) is 0 Å². The summed E-state index contributed by atoms with van der Waals surface area (Å²) in [6, 6.07) is 1.68. The molecule has 5 heteroatoms. The molecule has 30 heavy (non-hydrogen) atoms. The minimum atomic E-state index is -3.24. The number of hydrogen-bond donors (Lipinski definition) is 0. The molecule has 172 valence electrons. The Balaban J connectivity index is 1.89. The maximum atomic E-state index is 14.7. The Labute approximate surface area is 185 Å². The van der Waals surface area contributed by atoms with E-state index in [9.17, 15) is 13.2 Å². The minimum Gasteiger partial charge on any atom is -0.321 e. The third-order valence-corrected chi connectivity index (χ3v) is 7.03. The van der Waals surface area contributed by atoms with Crippen LogP contribution in [0.2, 0.25) is 5.02 Å². The van der Waals surface area contributed by atoms with Crippen molar-refractivity contribution in [1.82, 2.24) is 0 Å². The highest BCUT2D eigenvalue weighted by molar-refractivity contribution is 6.31. The number of halogens is 4. The lowest BCUT2D eigenvalue weighted by atomic mass is 9.77. The molecule has 0 radical (unpaired) electrons. The summed E-state index contributed by atoms with van der Waals surface area (Å²) in [4.78, 5) is 0. The van der Waals surface area contributed by atoms with Crippen LogP contribution in [0.3, 0.4) is 0 Å². The van der Waals surface area contributed by atoms with Crippen LogP contribution in [0.4, 0.5) is 13.2 Å². The molecule has 0 bridgehead atoms. The fourth-order valence-electron chi connectivity index (χ4n) is 4.75. The van der Waals surface area contributed by atoms with Crippen molar-refractivity contribution in [2.45, 2.75) is 104 Å². The van der Waals surface area contributed by atoms with Crippen LogP contribution in [-0.4, -0.2) is 12.7 Å². The van der Waals surface area contributed by atoms with Gasteiger partial charge in [0.05, 0.1) is 11.6 Å². The molecule has 0 aromatic heterocycles. The van der Waals surface area contributed by atoms with Crippen LogP contribution < -0.4 is 0 Å². The first-order chi connectivity index (χ1) is 14.3. The van der Waals surface area contributed by atoms with Gasteiger partial charge in [-0.05, 0) is 61.6 Å². The van der Waals surface area contributed by atoms with E-state index in [0.717, 1.165) is 29.9 Å². The van der Waals surface area contributed by atoms with Crippen molar-refractivity contribution in [3.8, 4) is 0 Å². The molecule has 0 atom stereocenters. The van der Waals surface area contributed by atoms with Gasteiger partial charge in [-0.25, -0.2) is 4.39 Å². The maximum Gasteiger partial charge on any atom is 0.356 e. The molecule has 1 aliphatic carbocycles. The molecule has 1 nitrogen and oxygen atoms in total. The van der Waals surface area contributed by atoms with Crippen molar-refractivity contribution in [2.75, 3.05) is 6.61 Å². The number of benzene rings is 1. The fourth-order valence-corrected chi connectivity index (χ4v) is 5.12. The van der Waals surface area contributed by atoms with Gasteiger partial charge in [0.1, 0.15) is 5.82 Å². The van der Waals surface area contributed by atoms with E-state index in [1.807, 2.05) is 6.92 Å². The van der Waals surface area contributed by atoms with E-state index in [2.05, 4.69) is 11.7 Å². The molecule has 0 heterocycles. The molecule has 0 N–H and O–H groups in total. The smallest absolute Gasteiger partial charge is 0.321 e. The van der Waals surface area contributed by atoms with E-state index < -0.39 is 18.3 Å². The molecule has 0 spiro atoms. The Kier molecular flexibility index (Phi) is 10.5. The van der Waals surface area contributed by atoms with Crippen LogP contribution in [0.15, 0.2) is 6.07 Å². The Morgan fingerprint density at radius 1 is 1.03 bits per heavy atom.